The summed E-state index contributed by atoms with van der Waals surface area (Å²) in [5, 5.41) is 16.2. The van der Waals surface area contributed by atoms with E-state index in [9.17, 15) is 9.59 Å². The lowest BCUT2D eigenvalue weighted by molar-refractivity contribution is 0.0695. The summed E-state index contributed by atoms with van der Waals surface area (Å²) >= 11 is 4.88. The van der Waals surface area contributed by atoms with Crippen LogP contribution in [0.5, 0.6) is 0 Å². The van der Waals surface area contributed by atoms with Crippen LogP contribution in [0.2, 0.25) is 0 Å². The average Bonchev–Trinajstić information content (AvgIpc) is 3.00. The Bertz CT molecular complexity index is 665. The first-order valence-corrected chi connectivity index (χ1v) is 7.70. The summed E-state index contributed by atoms with van der Waals surface area (Å²) in [6.07, 6.45) is 0. The molecule has 0 aliphatic heterocycles. The fraction of sp³-hybridized carbons (Fsp3) is 0.231. The number of hydrogen-bond acceptors (Lipinski definition) is 4. The maximum Gasteiger partial charge on any atom is 0.339 e. The Morgan fingerprint density at radius 1 is 1.33 bits per heavy atom. The monoisotopic (exact) mass is 372 g/mol. The number of rotatable bonds is 5. The number of furan rings is 1. The first kappa shape index (κ1) is 15.6. The molecule has 0 spiro atoms. The molecule has 2 heterocycles. The van der Waals surface area contributed by atoms with Crippen LogP contribution in [0, 0.1) is 6.92 Å². The minimum absolute atomic E-state index is 0.107. The van der Waals surface area contributed by atoms with Gasteiger partial charge in [-0.15, -0.1) is 11.3 Å². The number of thiophene rings is 1. The molecule has 2 amide bonds. The molecule has 0 bridgehead atoms. The lowest BCUT2D eigenvalue weighted by Crippen LogP contribution is -2.34. The number of nitrogens with one attached hydrogen (secondary N) is 2. The van der Waals surface area contributed by atoms with Crippen molar-refractivity contribution in [2.75, 3.05) is 0 Å². The molecule has 0 saturated carbocycles. The van der Waals surface area contributed by atoms with E-state index >= 15 is 0 Å². The van der Waals surface area contributed by atoms with Crippen molar-refractivity contribution in [3.8, 4) is 0 Å². The topological polar surface area (TPSA) is 91.6 Å². The lowest BCUT2D eigenvalue weighted by atomic mass is 10.2. The first-order chi connectivity index (χ1) is 9.95. The van der Waals surface area contributed by atoms with Crippen LogP contribution in [0.1, 0.15) is 26.8 Å². The second kappa shape index (κ2) is 6.77. The third-order valence-corrected chi connectivity index (χ3v) is 4.36. The van der Waals surface area contributed by atoms with Crippen LogP contribution in [-0.4, -0.2) is 17.1 Å². The molecule has 2 aromatic rings. The summed E-state index contributed by atoms with van der Waals surface area (Å²) in [7, 11) is 0. The molecule has 0 aliphatic carbocycles. The smallest absolute Gasteiger partial charge is 0.339 e. The van der Waals surface area contributed by atoms with Gasteiger partial charge in [0.15, 0.2) is 0 Å². The molecule has 0 aliphatic rings. The number of hydrogen-bond donors (Lipinski definition) is 3. The molecule has 112 valence electrons. The second-order valence-corrected chi connectivity index (χ2v) is 6.17. The van der Waals surface area contributed by atoms with Crippen molar-refractivity contribution in [1.82, 2.24) is 10.6 Å². The molecule has 2 rings (SSSR count). The van der Waals surface area contributed by atoms with Gasteiger partial charge in [-0.3, -0.25) is 0 Å². The Hall–Kier alpha value is -1.80. The first-order valence-electron chi connectivity index (χ1n) is 6.03. The van der Waals surface area contributed by atoms with Gasteiger partial charge in [-0.1, -0.05) is 0 Å². The maximum atomic E-state index is 11.6. The molecule has 6 nitrogen and oxygen atoms in total. The van der Waals surface area contributed by atoms with E-state index in [1.54, 1.807) is 18.3 Å². The Balaban J connectivity index is 1.81. The molecule has 21 heavy (non-hydrogen) atoms. The van der Waals surface area contributed by atoms with Gasteiger partial charge in [0.2, 0.25) is 0 Å². The van der Waals surface area contributed by atoms with Crippen LogP contribution in [0.15, 0.2) is 26.4 Å². The van der Waals surface area contributed by atoms with Crippen LogP contribution < -0.4 is 10.6 Å². The van der Waals surface area contributed by atoms with Gasteiger partial charge >= 0.3 is 12.0 Å². The molecule has 2 aromatic heterocycles. The summed E-state index contributed by atoms with van der Waals surface area (Å²) < 4.78 is 6.25. The van der Waals surface area contributed by atoms with Gasteiger partial charge in [-0.25, -0.2) is 9.59 Å². The van der Waals surface area contributed by atoms with E-state index in [1.165, 1.54) is 6.07 Å². The number of aromatic carboxylic acids is 1. The highest BCUT2D eigenvalue weighted by atomic mass is 79.9. The number of carboxylic acid groups (broad SMARTS) is 1. The van der Waals surface area contributed by atoms with E-state index in [1.807, 2.05) is 11.4 Å². The second-order valence-electron chi connectivity index (χ2n) is 4.26. The van der Waals surface area contributed by atoms with Gasteiger partial charge < -0.3 is 20.2 Å². The largest absolute Gasteiger partial charge is 0.478 e. The predicted octanol–water partition coefficient (Wildman–Crippen LogP) is 3.11. The number of carboxylic acids is 1. The minimum atomic E-state index is -1.05. The van der Waals surface area contributed by atoms with E-state index in [0.717, 1.165) is 9.35 Å². The summed E-state index contributed by atoms with van der Waals surface area (Å²) in [5.74, 6) is -0.322. The highest BCUT2D eigenvalue weighted by Crippen LogP contribution is 2.19. The van der Waals surface area contributed by atoms with Gasteiger partial charge in [-0.2, -0.15) is 0 Å². The van der Waals surface area contributed by atoms with E-state index in [4.69, 9.17) is 9.52 Å². The lowest BCUT2D eigenvalue weighted by Gasteiger charge is -2.04. The number of aryl methyl sites for hydroxylation is 1. The van der Waals surface area contributed by atoms with Gasteiger partial charge in [0.1, 0.15) is 17.1 Å². The quantitative estimate of drug-likeness (QED) is 0.751. The standard InChI is InChI=1S/C13H13BrN2O4S/c1-7-11(12(17)18)3-9(20-7)4-15-13(19)16-5-10-2-8(14)6-21-10/h2-3,6H,4-5H2,1H3,(H,17,18)(H2,15,16,19). The summed E-state index contributed by atoms with van der Waals surface area (Å²) in [6.45, 7) is 2.13. The molecule has 8 heteroatoms. The molecule has 0 unspecified atom stereocenters. The molecule has 0 fully saturated rings. The van der Waals surface area contributed by atoms with Crippen molar-refractivity contribution >= 4 is 39.3 Å². The summed E-state index contributed by atoms with van der Waals surface area (Å²) in [4.78, 5) is 23.5. The van der Waals surface area contributed by atoms with Crippen molar-refractivity contribution in [2.45, 2.75) is 20.0 Å². The number of halogens is 1. The third-order valence-electron chi connectivity index (χ3n) is 2.67. The van der Waals surface area contributed by atoms with Crippen molar-refractivity contribution in [3.63, 3.8) is 0 Å². The molecule has 0 radical (unpaired) electrons. The number of carbonyl (C=O) groups excluding carboxylic acids is 1. The van der Waals surface area contributed by atoms with Crippen molar-refractivity contribution < 1.29 is 19.1 Å². The van der Waals surface area contributed by atoms with Crippen LogP contribution in [0.25, 0.3) is 0 Å². The van der Waals surface area contributed by atoms with Crippen LogP contribution >= 0.6 is 27.3 Å². The van der Waals surface area contributed by atoms with E-state index in [2.05, 4.69) is 26.6 Å². The van der Waals surface area contributed by atoms with Gasteiger partial charge in [0.05, 0.1) is 13.1 Å². The Morgan fingerprint density at radius 2 is 2.05 bits per heavy atom. The van der Waals surface area contributed by atoms with Crippen molar-refractivity contribution in [3.05, 3.63) is 43.9 Å². The maximum absolute atomic E-state index is 11.6. The number of carbonyl (C=O) groups is 2. The van der Waals surface area contributed by atoms with E-state index < -0.39 is 5.97 Å². The molecule has 0 aromatic carbocycles. The number of amides is 2. The predicted molar refractivity (Wildman–Crippen MR) is 81.5 cm³/mol. The van der Waals surface area contributed by atoms with Gasteiger partial charge in [0, 0.05) is 14.7 Å². The zero-order chi connectivity index (χ0) is 15.4. The minimum Gasteiger partial charge on any atom is -0.478 e. The van der Waals surface area contributed by atoms with Crippen LogP contribution in [0.3, 0.4) is 0 Å². The fourth-order valence-electron chi connectivity index (χ4n) is 1.69. The molecular formula is C13H13BrN2O4S. The Kier molecular flexibility index (Phi) is 5.03. The van der Waals surface area contributed by atoms with E-state index in [-0.39, 0.29) is 18.1 Å². The fourth-order valence-corrected chi connectivity index (χ4v) is 3.08. The normalized spacial score (nSPS) is 10.4. The van der Waals surface area contributed by atoms with Gasteiger partial charge in [0.25, 0.3) is 0 Å². The Morgan fingerprint density at radius 3 is 2.62 bits per heavy atom. The zero-order valence-corrected chi connectivity index (χ0v) is 13.5. The van der Waals surface area contributed by atoms with E-state index in [0.29, 0.717) is 18.1 Å². The van der Waals surface area contributed by atoms with Crippen molar-refractivity contribution in [1.29, 1.82) is 0 Å². The Labute approximate surface area is 133 Å². The average molecular weight is 373 g/mol. The van der Waals surface area contributed by atoms with Crippen molar-refractivity contribution in [2.24, 2.45) is 0 Å². The SMILES string of the molecule is Cc1oc(CNC(=O)NCc2cc(Br)cs2)cc1C(=O)O. The van der Waals surface area contributed by atoms with Crippen LogP contribution in [-0.2, 0) is 13.1 Å². The summed E-state index contributed by atoms with van der Waals surface area (Å²) in [5.41, 5.74) is 0.107. The summed E-state index contributed by atoms with van der Waals surface area (Å²) in [6, 6.07) is 3.00. The highest BCUT2D eigenvalue weighted by molar-refractivity contribution is 9.10. The molecular weight excluding hydrogens is 360 g/mol. The molecule has 0 atom stereocenters. The molecule has 3 N–H and O–H groups in total. The van der Waals surface area contributed by atoms with Crippen LogP contribution in [0.4, 0.5) is 4.79 Å². The molecule has 0 saturated heterocycles. The third kappa shape index (κ3) is 4.33. The number of urea groups is 1. The zero-order valence-electron chi connectivity index (χ0n) is 11.1. The van der Waals surface area contributed by atoms with Gasteiger partial charge in [-0.05, 0) is 35.0 Å². The highest BCUT2D eigenvalue weighted by Gasteiger charge is 2.14.